The first-order valence-corrected chi connectivity index (χ1v) is 14.8. The third-order valence-electron chi connectivity index (χ3n) is 5.71. The third kappa shape index (κ3) is 8.51. The van der Waals surface area contributed by atoms with Gasteiger partial charge in [-0.2, -0.15) is 0 Å². The molecule has 1 N–H and O–H groups in total. The van der Waals surface area contributed by atoms with Crippen molar-refractivity contribution in [3.63, 3.8) is 0 Å². The van der Waals surface area contributed by atoms with Crippen LogP contribution in [0.3, 0.4) is 0 Å². The highest BCUT2D eigenvalue weighted by atomic mass is 35.5. The molecule has 37 heavy (non-hydrogen) atoms. The number of ether oxygens (including phenoxy) is 1. The maximum atomic E-state index is 13.5. The fraction of sp³-hybridized carbons (Fsp3) is 0.462. The number of anilines is 1. The zero-order valence-electron chi connectivity index (χ0n) is 21.7. The lowest BCUT2D eigenvalue weighted by Crippen LogP contribution is -2.49. The Kier molecular flexibility index (Phi) is 12.0. The van der Waals surface area contributed by atoms with Gasteiger partial charge in [-0.05, 0) is 51.0 Å². The molecule has 0 aliphatic rings. The van der Waals surface area contributed by atoms with Crippen LogP contribution in [-0.4, -0.2) is 57.1 Å². The van der Waals surface area contributed by atoms with E-state index in [4.69, 9.17) is 27.9 Å². The minimum atomic E-state index is -3.65. The van der Waals surface area contributed by atoms with Crippen LogP contribution in [0.5, 0.6) is 5.75 Å². The van der Waals surface area contributed by atoms with Gasteiger partial charge in [0.15, 0.2) is 0 Å². The van der Waals surface area contributed by atoms with E-state index in [0.29, 0.717) is 46.6 Å². The minimum Gasteiger partial charge on any atom is -0.492 e. The maximum absolute atomic E-state index is 13.5. The second kappa shape index (κ2) is 14.4. The molecule has 0 aromatic heterocycles. The normalized spacial score (nSPS) is 12.1. The highest BCUT2D eigenvalue weighted by molar-refractivity contribution is 7.92. The smallest absolute Gasteiger partial charge is 0.242 e. The van der Waals surface area contributed by atoms with Gasteiger partial charge in [0.05, 0.1) is 18.6 Å². The first-order valence-electron chi connectivity index (χ1n) is 12.2. The number of sulfonamides is 1. The molecule has 2 aromatic rings. The van der Waals surface area contributed by atoms with E-state index >= 15 is 0 Å². The number of carbonyl (C=O) groups is 2. The Labute approximate surface area is 229 Å². The largest absolute Gasteiger partial charge is 0.492 e. The number of amides is 2. The molecule has 0 saturated heterocycles. The number of hydrogen-bond donors (Lipinski definition) is 1. The standard InChI is InChI=1S/C26H35Cl2N3O5S/c1-5-22(26(33)29-6-2)30(18-19-20(27)12-10-13-21(19)28)25(32)16-11-17-31(37(4,34)35)23-14-8-9-15-24(23)36-7-3/h8-10,12-15,22H,5-7,11,16-18H2,1-4H3,(H,29,33). The molecule has 204 valence electrons. The first kappa shape index (κ1) is 30.7. The third-order valence-corrected chi connectivity index (χ3v) is 7.60. The summed E-state index contributed by atoms with van der Waals surface area (Å²) in [5.74, 6) is -0.135. The molecule has 0 spiro atoms. The lowest BCUT2D eigenvalue weighted by Gasteiger charge is -2.31. The lowest BCUT2D eigenvalue weighted by molar-refractivity contribution is -0.141. The number of rotatable bonds is 14. The van der Waals surface area contributed by atoms with E-state index in [1.54, 1.807) is 42.5 Å². The van der Waals surface area contributed by atoms with Crippen LogP contribution < -0.4 is 14.4 Å². The van der Waals surface area contributed by atoms with E-state index < -0.39 is 16.1 Å². The minimum absolute atomic E-state index is 0.0147. The van der Waals surface area contributed by atoms with Gasteiger partial charge in [-0.15, -0.1) is 0 Å². The summed E-state index contributed by atoms with van der Waals surface area (Å²) in [5, 5.41) is 3.57. The van der Waals surface area contributed by atoms with E-state index in [2.05, 4.69) is 5.32 Å². The quantitative estimate of drug-likeness (QED) is 0.348. The zero-order valence-corrected chi connectivity index (χ0v) is 24.0. The summed E-state index contributed by atoms with van der Waals surface area (Å²) in [7, 11) is -3.65. The van der Waals surface area contributed by atoms with Crippen molar-refractivity contribution < 1.29 is 22.7 Å². The van der Waals surface area contributed by atoms with Crippen molar-refractivity contribution in [1.29, 1.82) is 0 Å². The van der Waals surface area contributed by atoms with Crippen molar-refractivity contribution >= 4 is 50.7 Å². The maximum Gasteiger partial charge on any atom is 0.242 e. The van der Waals surface area contributed by atoms with Gasteiger partial charge in [-0.25, -0.2) is 8.42 Å². The van der Waals surface area contributed by atoms with Gasteiger partial charge < -0.3 is 15.0 Å². The van der Waals surface area contributed by atoms with E-state index in [9.17, 15) is 18.0 Å². The van der Waals surface area contributed by atoms with Crippen LogP contribution in [0.1, 0.15) is 45.6 Å². The predicted octanol–water partition coefficient (Wildman–Crippen LogP) is 4.88. The average molecular weight is 573 g/mol. The molecular formula is C26H35Cl2N3O5S. The number of likely N-dealkylation sites (N-methyl/N-ethyl adjacent to an activating group) is 1. The van der Waals surface area contributed by atoms with Gasteiger partial charge >= 0.3 is 0 Å². The van der Waals surface area contributed by atoms with Gasteiger partial charge in [-0.3, -0.25) is 13.9 Å². The molecule has 2 amide bonds. The summed E-state index contributed by atoms with van der Waals surface area (Å²) in [4.78, 5) is 27.8. The highest BCUT2D eigenvalue weighted by Gasteiger charge is 2.30. The second-order valence-electron chi connectivity index (χ2n) is 8.38. The van der Waals surface area contributed by atoms with Gasteiger partial charge in [0, 0.05) is 41.7 Å². The Morgan fingerprint density at radius 2 is 1.68 bits per heavy atom. The molecular weight excluding hydrogens is 537 g/mol. The summed E-state index contributed by atoms with van der Waals surface area (Å²) in [6.45, 7) is 6.37. The summed E-state index contributed by atoms with van der Waals surface area (Å²) in [5.41, 5.74) is 0.957. The molecule has 0 bridgehead atoms. The molecule has 0 radical (unpaired) electrons. The van der Waals surface area contributed by atoms with Crippen molar-refractivity contribution in [2.45, 2.75) is 52.6 Å². The van der Waals surface area contributed by atoms with Gasteiger partial charge in [0.25, 0.3) is 0 Å². The second-order valence-corrected chi connectivity index (χ2v) is 11.1. The summed E-state index contributed by atoms with van der Waals surface area (Å²) in [6.07, 6.45) is 1.74. The predicted molar refractivity (Wildman–Crippen MR) is 149 cm³/mol. The van der Waals surface area contributed by atoms with Crippen molar-refractivity contribution in [1.82, 2.24) is 10.2 Å². The molecule has 0 aliphatic carbocycles. The van der Waals surface area contributed by atoms with Crippen LogP contribution in [0, 0.1) is 0 Å². The lowest BCUT2D eigenvalue weighted by atomic mass is 10.1. The van der Waals surface area contributed by atoms with Crippen LogP contribution in [-0.2, 0) is 26.2 Å². The van der Waals surface area contributed by atoms with Crippen LogP contribution in [0.2, 0.25) is 10.0 Å². The Bertz CT molecular complexity index is 1160. The van der Waals surface area contributed by atoms with Crippen LogP contribution in [0.25, 0.3) is 0 Å². The van der Waals surface area contributed by atoms with Gasteiger partial charge in [-0.1, -0.05) is 48.3 Å². The van der Waals surface area contributed by atoms with E-state index in [1.165, 1.54) is 9.21 Å². The number of carbonyl (C=O) groups excluding carboxylic acids is 2. The van der Waals surface area contributed by atoms with Crippen molar-refractivity contribution in [2.75, 3.05) is 30.3 Å². The van der Waals surface area contributed by atoms with E-state index in [1.807, 2.05) is 20.8 Å². The van der Waals surface area contributed by atoms with E-state index in [-0.39, 0.29) is 37.7 Å². The SMILES string of the molecule is CCNC(=O)C(CC)N(Cc1c(Cl)cccc1Cl)C(=O)CCCN(c1ccccc1OCC)S(C)(=O)=O. The molecule has 0 heterocycles. The Morgan fingerprint density at radius 1 is 1.03 bits per heavy atom. The zero-order chi connectivity index (χ0) is 27.6. The molecule has 0 aliphatic heterocycles. The fourth-order valence-corrected chi connectivity index (χ4v) is 5.47. The molecule has 8 nitrogen and oxygen atoms in total. The summed E-state index contributed by atoms with van der Waals surface area (Å²) >= 11 is 12.7. The Morgan fingerprint density at radius 3 is 2.24 bits per heavy atom. The Balaban J connectivity index is 2.29. The Hall–Kier alpha value is -2.49. The molecule has 1 atom stereocenters. The molecule has 11 heteroatoms. The van der Waals surface area contributed by atoms with Crippen LogP contribution in [0.4, 0.5) is 5.69 Å². The number of hydrogen-bond acceptors (Lipinski definition) is 5. The number of nitrogens with one attached hydrogen (secondary N) is 1. The fourth-order valence-electron chi connectivity index (χ4n) is 3.99. The van der Waals surface area contributed by atoms with Crippen LogP contribution in [0.15, 0.2) is 42.5 Å². The number of benzene rings is 2. The number of para-hydroxylation sites is 2. The molecule has 0 saturated carbocycles. The number of nitrogens with zero attached hydrogens (tertiary/aromatic N) is 2. The topological polar surface area (TPSA) is 96.0 Å². The summed E-state index contributed by atoms with van der Waals surface area (Å²) in [6, 6.07) is 11.2. The average Bonchev–Trinajstić information content (AvgIpc) is 2.83. The highest BCUT2D eigenvalue weighted by Crippen LogP contribution is 2.31. The van der Waals surface area contributed by atoms with Gasteiger partial charge in [0.2, 0.25) is 21.8 Å². The first-order chi connectivity index (χ1) is 17.5. The van der Waals surface area contributed by atoms with Crippen molar-refractivity contribution in [2.24, 2.45) is 0 Å². The van der Waals surface area contributed by atoms with Crippen LogP contribution >= 0.6 is 23.2 Å². The molecule has 2 rings (SSSR count). The molecule has 1 unspecified atom stereocenters. The molecule has 2 aromatic carbocycles. The molecule has 0 fully saturated rings. The van der Waals surface area contributed by atoms with Crippen molar-refractivity contribution in [3.8, 4) is 5.75 Å². The van der Waals surface area contributed by atoms with Crippen molar-refractivity contribution in [3.05, 3.63) is 58.1 Å². The van der Waals surface area contributed by atoms with Gasteiger partial charge in [0.1, 0.15) is 11.8 Å². The van der Waals surface area contributed by atoms with E-state index in [0.717, 1.165) is 6.26 Å². The monoisotopic (exact) mass is 571 g/mol. The number of halogens is 2. The summed E-state index contributed by atoms with van der Waals surface area (Å²) < 4.78 is 32.1.